The van der Waals surface area contributed by atoms with Gasteiger partial charge in [-0.3, -0.25) is 19.9 Å². The molecule has 0 radical (unpaired) electrons. The van der Waals surface area contributed by atoms with Gasteiger partial charge in [-0.05, 0) is 48.5 Å². The van der Waals surface area contributed by atoms with Gasteiger partial charge in [-0.2, -0.15) is 0 Å². The first-order valence-corrected chi connectivity index (χ1v) is 9.94. The quantitative estimate of drug-likeness (QED) is 0.211. The Morgan fingerprint density at radius 1 is 0.439 bits per heavy atom. The van der Waals surface area contributed by atoms with Crippen LogP contribution in [0.5, 0.6) is 0 Å². The number of aromatic carboxylic acids is 4. The van der Waals surface area contributed by atoms with Crippen LogP contribution in [0.2, 0.25) is 0 Å². The summed E-state index contributed by atoms with van der Waals surface area (Å²) in [5.74, 6) is -4.30. The molecule has 4 heterocycles. The number of pyridine rings is 4. The molecule has 0 spiro atoms. The van der Waals surface area contributed by atoms with Gasteiger partial charge >= 0.3 is 23.9 Å². The van der Waals surface area contributed by atoms with Crippen molar-refractivity contribution >= 4 is 48.7 Å². The van der Waals surface area contributed by atoms with Crippen molar-refractivity contribution in [3.8, 4) is 22.8 Å². The van der Waals surface area contributed by atoms with Gasteiger partial charge in [-0.15, -0.1) is 24.8 Å². The number of carboxylic acid groups (broad SMARTS) is 4. The van der Waals surface area contributed by atoms with Gasteiger partial charge in [0.1, 0.15) is 0 Å². The molecule has 14 nitrogen and oxygen atoms in total. The van der Waals surface area contributed by atoms with Crippen LogP contribution in [0.25, 0.3) is 22.8 Å². The molecular weight excluding hydrogens is 676 g/mol. The average Bonchev–Trinajstić information content (AvgIpc) is 2.89. The zero-order chi connectivity index (χ0) is 26.2. The van der Waals surface area contributed by atoms with Crippen molar-refractivity contribution in [2.24, 2.45) is 0 Å². The van der Waals surface area contributed by atoms with E-state index in [2.05, 4.69) is 19.9 Å². The molecule has 0 aromatic carbocycles. The molecule has 8 N–H and O–H groups in total. The predicted molar refractivity (Wildman–Crippen MR) is 144 cm³/mol. The van der Waals surface area contributed by atoms with E-state index >= 15 is 0 Å². The molecule has 0 saturated heterocycles. The fourth-order valence-electron chi connectivity index (χ4n) is 2.81. The summed E-state index contributed by atoms with van der Waals surface area (Å²) in [4.78, 5) is 59.2. The third-order valence-electron chi connectivity index (χ3n) is 4.55. The summed E-state index contributed by atoms with van der Waals surface area (Å²) in [7, 11) is 0. The SMILES string of the molecule is Cl.Cl.O.O.O=C(O)c1ccnc(-c2cc(C(=O)O)ccn2)c1.O=C(O)c1ccnc(-c2cc(C(=O)O)ccn2)c1.[Ru]. The normalized spacial score (nSPS) is 8.78. The summed E-state index contributed by atoms with van der Waals surface area (Å²) in [5.41, 5.74) is 1.56. The number of rotatable bonds is 6. The molecule has 0 aliphatic heterocycles. The topological polar surface area (TPSA) is 264 Å². The van der Waals surface area contributed by atoms with Crippen molar-refractivity contribution in [2.45, 2.75) is 0 Å². The van der Waals surface area contributed by atoms with Gasteiger partial charge in [0.25, 0.3) is 0 Å². The fourth-order valence-corrected chi connectivity index (χ4v) is 2.81. The van der Waals surface area contributed by atoms with Gasteiger partial charge in [-0.1, -0.05) is 0 Å². The maximum atomic E-state index is 10.8. The number of nitrogens with zero attached hydrogens (tertiary/aromatic N) is 4. The summed E-state index contributed by atoms with van der Waals surface area (Å²) >= 11 is 0. The first kappa shape index (κ1) is 41.1. The van der Waals surface area contributed by atoms with Crippen molar-refractivity contribution in [1.82, 2.24) is 19.9 Å². The van der Waals surface area contributed by atoms with Crippen LogP contribution in [0.3, 0.4) is 0 Å². The van der Waals surface area contributed by atoms with E-state index in [-0.39, 0.29) is 77.5 Å². The van der Waals surface area contributed by atoms with Crippen LogP contribution in [0.4, 0.5) is 0 Å². The molecule has 0 amide bonds. The van der Waals surface area contributed by atoms with Crippen molar-refractivity contribution < 1.29 is 70.0 Å². The Kier molecular flexibility index (Phi) is 18.9. The van der Waals surface area contributed by atoms with Gasteiger partial charge in [-0.25, -0.2) is 19.2 Å². The summed E-state index contributed by atoms with van der Waals surface area (Å²) in [6.07, 6.45) is 5.36. The second kappa shape index (κ2) is 18.8. The van der Waals surface area contributed by atoms with E-state index in [1.807, 2.05) is 0 Å². The molecule has 0 aliphatic carbocycles. The number of hydrogen-bond acceptors (Lipinski definition) is 8. The minimum absolute atomic E-state index is 0. The van der Waals surface area contributed by atoms with Crippen LogP contribution in [0.1, 0.15) is 41.4 Å². The summed E-state index contributed by atoms with van der Waals surface area (Å²) < 4.78 is 0. The van der Waals surface area contributed by atoms with Crippen LogP contribution < -0.4 is 0 Å². The number of carbonyl (C=O) groups is 4. The molecule has 0 atom stereocenters. The van der Waals surface area contributed by atoms with Gasteiger partial charge in [0.05, 0.1) is 45.0 Å². The predicted octanol–water partition coefficient (Wildman–Crippen LogP) is 2.27. The van der Waals surface area contributed by atoms with Crippen LogP contribution in [0.15, 0.2) is 73.3 Å². The number of hydrogen-bond donors (Lipinski definition) is 4. The van der Waals surface area contributed by atoms with Gasteiger partial charge in [0.2, 0.25) is 0 Å². The second-order valence-corrected chi connectivity index (χ2v) is 6.94. The Morgan fingerprint density at radius 3 is 0.756 bits per heavy atom. The van der Waals surface area contributed by atoms with Crippen LogP contribution in [-0.4, -0.2) is 75.2 Å². The fraction of sp³-hybridized carbons (Fsp3) is 0. The first-order chi connectivity index (χ1) is 17.2. The molecule has 17 heteroatoms. The number of carboxylic acids is 4. The van der Waals surface area contributed by atoms with E-state index in [0.29, 0.717) is 22.8 Å². The molecule has 0 aliphatic rings. The minimum Gasteiger partial charge on any atom is -0.478 e. The maximum absolute atomic E-state index is 10.8. The summed E-state index contributed by atoms with van der Waals surface area (Å²) in [5, 5.41) is 35.4. The van der Waals surface area contributed by atoms with Crippen LogP contribution in [0, 0.1) is 0 Å². The van der Waals surface area contributed by atoms with Gasteiger partial charge < -0.3 is 31.4 Å². The number of aromatic nitrogens is 4. The Morgan fingerprint density at radius 2 is 0.610 bits per heavy atom. The standard InChI is InChI=1S/2C12H8N2O4.2ClH.2H2O.Ru/c2*15-11(16)7-1-3-13-9(5-7)10-6-8(12(17)18)2-4-14-10;;;;;/h2*1-6H,(H,15,16)(H,17,18);2*1H;2*1H2;. The zero-order valence-corrected chi connectivity index (χ0v) is 23.7. The van der Waals surface area contributed by atoms with E-state index in [1.165, 1.54) is 73.3 Å². The van der Waals surface area contributed by atoms with Crippen LogP contribution in [-0.2, 0) is 19.5 Å². The Bertz CT molecular complexity index is 1270. The average molecular weight is 698 g/mol. The molecule has 220 valence electrons. The third kappa shape index (κ3) is 11.3. The van der Waals surface area contributed by atoms with E-state index in [4.69, 9.17) is 20.4 Å². The molecule has 4 rings (SSSR count). The molecule has 0 unspecified atom stereocenters. The molecule has 4 aromatic heterocycles. The zero-order valence-electron chi connectivity index (χ0n) is 20.3. The Hall–Kier alpha value is -4.40. The first-order valence-electron chi connectivity index (χ1n) is 9.94. The van der Waals surface area contributed by atoms with E-state index in [1.54, 1.807) is 0 Å². The van der Waals surface area contributed by atoms with Gasteiger partial charge in [0, 0.05) is 44.3 Å². The molecule has 41 heavy (non-hydrogen) atoms. The smallest absolute Gasteiger partial charge is 0.335 e. The molecular formula is C24H22Cl2N4O10Ru. The monoisotopic (exact) mass is 698 g/mol. The molecule has 0 saturated carbocycles. The molecule has 0 fully saturated rings. The van der Waals surface area contributed by atoms with Crippen LogP contribution >= 0.6 is 24.8 Å². The maximum Gasteiger partial charge on any atom is 0.335 e. The third-order valence-corrected chi connectivity index (χ3v) is 4.55. The Labute approximate surface area is 256 Å². The summed E-state index contributed by atoms with van der Waals surface area (Å²) in [6, 6.07) is 10.8. The van der Waals surface area contributed by atoms with E-state index in [0.717, 1.165) is 0 Å². The van der Waals surface area contributed by atoms with Crippen molar-refractivity contribution in [1.29, 1.82) is 0 Å². The minimum atomic E-state index is -1.08. The summed E-state index contributed by atoms with van der Waals surface area (Å²) in [6.45, 7) is 0. The molecule has 4 aromatic rings. The van der Waals surface area contributed by atoms with Gasteiger partial charge in [0.15, 0.2) is 0 Å². The van der Waals surface area contributed by atoms with Crippen molar-refractivity contribution in [3.05, 3.63) is 95.6 Å². The second-order valence-electron chi connectivity index (χ2n) is 6.94. The van der Waals surface area contributed by atoms with E-state index in [9.17, 15) is 19.2 Å². The largest absolute Gasteiger partial charge is 0.478 e. The van der Waals surface area contributed by atoms with Crippen molar-refractivity contribution in [3.63, 3.8) is 0 Å². The van der Waals surface area contributed by atoms with Crippen molar-refractivity contribution in [2.75, 3.05) is 0 Å². The Balaban J connectivity index is -0.000000628. The number of halogens is 2. The van der Waals surface area contributed by atoms with E-state index < -0.39 is 23.9 Å². The molecule has 0 bridgehead atoms.